The zero-order valence-corrected chi connectivity index (χ0v) is 12.4. The smallest absolute Gasteiger partial charge is 0.207 e. The molecule has 114 valence electrons. The maximum Gasteiger partial charge on any atom is 0.241 e. The van der Waals surface area contributed by atoms with Crippen LogP contribution in [0.25, 0.3) is 0 Å². The zero-order valence-electron chi connectivity index (χ0n) is 11.5. The fourth-order valence-corrected chi connectivity index (χ4v) is 3.09. The highest BCUT2D eigenvalue weighted by atomic mass is 32.2. The minimum absolute atomic E-state index is 0.0130. The maximum atomic E-state index is 13.2. The molecule has 0 amide bonds. The van der Waals surface area contributed by atoms with Gasteiger partial charge in [0.05, 0.1) is 16.5 Å². The average Bonchev–Trinajstić information content (AvgIpc) is 2.49. The lowest BCUT2D eigenvalue weighted by molar-refractivity contribution is 0.504. The van der Waals surface area contributed by atoms with Gasteiger partial charge in [0, 0.05) is 6.04 Å². The number of nitrogens with one attached hydrogen (secondary N) is 1. The van der Waals surface area contributed by atoms with Gasteiger partial charge in [-0.05, 0) is 48.9 Å². The number of nitriles is 1. The first kappa shape index (κ1) is 16.1. The molecule has 2 aromatic carbocycles. The van der Waals surface area contributed by atoms with Crippen LogP contribution in [-0.4, -0.2) is 8.42 Å². The molecule has 0 radical (unpaired) electrons. The van der Waals surface area contributed by atoms with Crippen LogP contribution in [0.2, 0.25) is 0 Å². The maximum absolute atomic E-state index is 13.2. The van der Waals surface area contributed by atoms with Crippen LogP contribution in [0.3, 0.4) is 0 Å². The first-order valence-electron chi connectivity index (χ1n) is 6.31. The van der Waals surface area contributed by atoms with Crippen LogP contribution in [-0.2, 0) is 10.0 Å². The van der Waals surface area contributed by atoms with E-state index in [1.54, 1.807) is 0 Å². The van der Waals surface area contributed by atoms with Crippen molar-refractivity contribution in [1.29, 1.82) is 5.26 Å². The van der Waals surface area contributed by atoms with Crippen LogP contribution >= 0.6 is 0 Å². The highest BCUT2D eigenvalue weighted by Gasteiger charge is 2.19. The number of halogens is 2. The fourth-order valence-electron chi connectivity index (χ4n) is 1.86. The Bertz CT molecular complexity index is 828. The summed E-state index contributed by atoms with van der Waals surface area (Å²) in [6, 6.07) is 9.73. The minimum atomic E-state index is -3.83. The fraction of sp³-hybridized carbons (Fsp3) is 0.133. The van der Waals surface area contributed by atoms with Crippen molar-refractivity contribution in [2.45, 2.75) is 17.9 Å². The third-order valence-corrected chi connectivity index (χ3v) is 4.63. The number of nitrogens with zero attached hydrogens (tertiary/aromatic N) is 1. The Morgan fingerprint density at radius 1 is 1.09 bits per heavy atom. The molecular weight excluding hydrogens is 310 g/mol. The van der Waals surface area contributed by atoms with Crippen molar-refractivity contribution in [2.24, 2.45) is 0 Å². The largest absolute Gasteiger partial charge is 0.241 e. The van der Waals surface area contributed by atoms with E-state index < -0.39 is 27.7 Å². The predicted molar refractivity (Wildman–Crippen MR) is 76.3 cm³/mol. The lowest BCUT2D eigenvalue weighted by Gasteiger charge is -2.15. The van der Waals surface area contributed by atoms with Gasteiger partial charge < -0.3 is 0 Å². The van der Waals surface area contributed by atoms with Crippen LogP contribution in [0.15, 0.2) is 47.4 Å². The monoisotopic (exact) mass is 322 g/mol. The molecule has 0 aliphatic rings. The molecule has 0 aromatic heterocycles. The Morgan fingerprint density at radius 3 is 2.27 bits per heavy atom. The van der Waals surface area contributed by atoms with E-state index in [2.05, 4.69) is 4.72 Å². The molecule has 0 bridgehead atoms. The van der Waals surface area contributed by atoms with E-state index in [1.807, 2.05) is 6.07 Å². The molecule has 0 fully saturated rings. The highest BCUT2D eigenvalue weighted by molar-refractivity contribution is 7.89. The van der Waals surface area contributed by atoms with Gasteiger partial charge in [-0.15, -0.1) is 0 Å². The molecule has 1 atom stereocenters. The molecule has 0 heterocycles. The number of hydrogen-bond donors (Lipinski definition) is 1. The number of rotatable bonds is 4. The first-order valence-corrected chi connectivity index (χ1v) is 7.79. The first-order chi connectivity index (χ1) is 10.3. The van der Waals surface area contributed by atoms with E-state index >= 15 is 0 Å². The summed E-state index contributed by atoms with van der Waals surface area (Å²) in [5.74, 6) is -2.03. The summed E-state index contributed by atoms with van der Waals surface area (Å²) in [5, 5.41) is 8.69. The van der Waals surface area contributed by atoms with Crippen LogP contribution in [0.1, 0.15) is 24.1 Å². The van der Waals surface area contributed by atoms with E-state index in [1.165, 1.54) is 37.3 Å². The average molecular weight is 322 g/mol. The third-order valence-electron chi connectivity index (χ3n) is 3.07. The van der Waals surface area contributed by atoms with Crippen LogP contribution in [0.5, 0.6) is 0 Å². The lowest BCUT2D eigenvalue weighted by Crippen LogP contribution is -2.27. The molecule has 22 heavy (non-hydrogen) atoms. The van der Waals surface area contributed by atoms with Gasteiger partial charge in [0.25, 0.3) is 0 Å². The van der Waals surface area contributed by atoms with Crippen molar-refractivity contribution >= 4 is 10.0 Å². The van der Waals surface area contributed by atoms with Crippen LogP contribution in [0, 0.1) is 23.0 Å². The van der Waals surface area contributed by atoms with Crippen molar-refractivity contribution in [3.8, 4) is 6.07 Å². The Balaban J connectivity index is 2.23. The van der Waals surface area contributed by atoms with E-state index in [0.717, 1.165) is 12.1 Å². The van der Waals surface area contributed by atoms with Crippen molar-refractivity contribution in [3.05, 3.63) is 65.2 Å². The molecule has 0 aliphatic heterocycles. The second kappa shape index (κ2) is 6.22. The van der Waals surface area contributed by atoms with Gasteiger partial charge in [0.15, 0.2) is 11.6 Å². The normalized spacial score (nSPS) is 12.6. The highest BCUT2D eigenvalue weighted by Crippen LogP contribution is 2.19. The summed E-state index contributed by atoms with van der Waals surface area (Å²) in [6.45, 7) is 1.52. The molecule has 2 rings (SSSR count). The molecule has 4 nitrogen and oxygen atoms in total. The van der Waals surface area contributed by atoms with Crippen molar-refractivity contribution < 1.29 is 17.2 Å². The van der Waals surface area contributed by atoms with Gasteiger partial charge in [-0.1, -0.05) is 6.07 Å². The second-order valence-electron chi connectivity index (χ2n) is 4.65. The molecule has 2 aromatic rings. The third kappa shape index (κ3) is 3.47. The van der Waals surface area contributed by atoms with Crippen molar-refractivity contribution in [3.63, 3.8) is 0 Å². The SMILES string of the molecule is C[C@H](NS(=O)(=O)c1ccc(C#N)cc1)c1ccc(F)c(F)c1. The molecule has 0 aliphatic carbocycles. The van der Waals surface area contributed by atoms with E-state index in [9.17, 15) is 17.2 Å². The summed E-state index contributed by atoms with van der Waals surface area (Å²) < 4.78 is 52.9. The quantitative estimate of drug-likeness (QED) is 0.941. The molecule has 7 heteroatoms. The summed E-state index contributed by atoms with van der Waals surface area (Å²) in [6.07, 6.45) is 0. The summed E-state index contributed by atoms with van der Waals surface area (Å²) in [5.41, 5.74) is 0.642. The van der Waals surface area contributed by atoms with Crippen LogP contribution in [0.4, 0.5) is 8.78 Å². The zero-order chi connectivity index (χ0) is 16.3. The predicted octanol–water partition coefficient (Wildman–Crippen LogP) is 2.88. The number of sulfonamides is 1. The molecular formula is C15H12F2N2O2S. The van der Waals surface area contributed by atoms with Crippen molar-refractivity contribution in [2.75, 3.05) is 0 Å². The van der Waals surface area contributed by atoms with E-state index in [-0.39, 0.29) is 4.90 Å². The second-order valence-corrected chi connectivity index (χ2v) is 6.37. The Morgan fingerprint density at radius 2 is 1.73 bits per heavy atom. The van der Waals surface area contributed by atoms with Gasteiger partial charge in [0.2, 0.25) is 10.0 Å². The summed E-state index contributed by atoms with van der Waals surface area (Å²) in [7, 11) is -3.83. The molecule has 0 saturated carbocycles. The van der Waals surface area contributed by atoms with E-state index in [0.29, 0.717) is 11.1 Å². The molecule has 0 unspecified atom stereocenters. The van der Waals surface area contributed by atoms with E-state index in [4.69, 9.17) is 5.26 Å². The molecule has 1 N–H and O–H groups in total. The lowest BCUT2D eigenvalue weighted by atomic mass is 10.1. The van der Waals surface area contributed by atoms with Crippen molar-refractivity contribution in [1.82, 2.24) is 4.72 Å². The van der Waals surface area contributed by atoms with Gasteiger partial charge in [0.1, 0.15) is 0 Å². The van der Waals surface area contributed by atoms with Gasteiger partial charge in [-0.3, -0.25) is 0 Å². The Kier molecular flexibility index (Phi) is 4.54. The Hall–Kier alpha value is -2.30. The number of benzene rings is 2. The molecule has 0 saturated heterocycles. The standard InChI is InChI=1S/C15H12F2N2O2S/c1-10(12-4-7-14(16)15(17)8-12)19-22(20,21)13-5-2-11(9-18)3-6-13/h2-8,10,19H,1H3/t10-/m0/s1. The summed E-state index contributed by atoms with van der Waals surface area (Å²) >= 11 is 0. The Labute approximate surface area is 127 Å². The van der Waals surface area contributed by atoms with Gasteiger partial charge in [-0.25, -0.2) is 21.9 Å². The van der Waals surface area contributed by atoms with Gasteiger partial charge in [-0.2, -0.15) is 5.26 Å². The molecule has 0 spiro atoms. The number of hydrogen-bond acceptors (Lipinski definition) is 3. The van der Waals surface area contributed by atoms with Gasteiger partial charge >= 0.3 is 0 Å². The minimum Gasteiger partial charge on any atom is -0.207 e. The van der Waals surface area contributed by atoms with Crippen LogP contribution < -0.4 is 4.72 Å². The topological polar surface area (TPSA) is 70.0 Å². The summed E-state index contributed by atoms with van der Waals surface area (Å²) in [4.78, 5) is -0.0130.